The SMILES string of the molecule is NC(=O)c1cccc(-c2cc(Cl)ccc2C(=O)O)c1. The van der Waals surface area contributed by atoms with Gasteiger partial charge in [0.25, 0.3) is 0 Å². The molecule has 0 fully saturated rings. The Morgan fingerprint density at radius 1 is 1.11 bits per heavy atom. The van der Waals surface area contributed by atoms with Crippen molar-refractivity contribution >= 4 is 23.5 Å². The van der Waals surface area contributed by atoms with Crippen LogP contribution in [0.2, 0.25) is 5.02 Å². The third-order valence-corrected chi connectivity index (χ3v) is 2.91. The molecular weight excluding hydrogens is 266 g/mol. The molecule has 0 aliphatic rings. The zero-order valence-corrected chi connectivity index (χ0v) is 10.5. The predicted molar refractivity (Wildman–Crippen MR) is 72.4 cm³/mol. The zero-order chi connectivity index (χ0) is 14.0. The Hall–Kier alpha value is -2.33. The van der Waals surface area contributed by atoms with Crippen LogP contribution in [0.15, 0.2) is 42.5 Å². The molecule has 0 heterocycles. The molecule has 2 rings (SSSR count). The van der Waals surface area contributed by atoms with Crippen LogP contribution in [0.1, 0.15) is 20.7 Å². The van der Waals surface area contributed by atoms with Crippen LogP contribution >= 0.6 is 11.6 Å². The largest absolute Gasteiger partial charge is 0.478 e. The predicted octanol–water partition coefficient (Wildman–Crippen LogP) is 2.80. The Kier molecular flexibility index (Phi) is 3.53. The molecule has 0 saturated heterocycles. The highest BCUT2D eigenvalue weighted by molar-refractivity contribution is 6.31. The summed E-state index contributed by atoms with van der Waals surface area (Å²) in [7, 11) is 0. The molecule has 0 aromatic heterocycles. The molecule has 5 heteroatoms. The molecule has 19 heavy (non-hydrogen) atoms. The van der Waals surface area contributed by atoms with Crippen LogP contribution in [0.5, 0.6) is 0 Å². The monoisotopic (exact) mass is 275 g/mol. The molecule has 4 nitrogen and oxygen atoms in total. The van der Waals surface area contributed by atoms with Gasteiger partial charge in [0, 0.05) is 10.6 Å². The van der Waals surface area contributed by atoms with E-state index >= 15 is 0 Å². The van der Waals surface area contributed by atoms with Crippen molar-refractivity contribution in [2.75, 3.05) is 0 Å². The number of carbonyl (C=O) groups is 2. The topological polar surface area (TPSA) is 80.4 Å². The first-order valence-electron chi connectivity index (χ1n) is 5.42. The van der Waals surface area contributed by atoms with Gasteiger partial charge < -0.3 is 10.8 Å². The van der Waals surface area contributed by atoms with Crippen molar-refractivity contribution in [3.8, 4) is 11.1 Å². The maximum absolute atomic E-state index is 11.2. The van der Waals surface area contributed by atoms with Crippen molar-refractivity contribution in [2.24, 2.45) is 5.73 Å². The maximum atomic E-state index is 11.2. The molecule has 0 aliphatic carbocycles. The average Bonchev–Trinajstić information content (AvgIpc) is 2.38. The van der Waals surface area contributed by atoms with Gasteiger partial charge in [-0.15, -0.1) is 0 Å². The Morgan fingerprint density at radius 3 is 2.47 bits per heavy atom. The normalized spacial score (nSPS) is 10.2. The number of halogens is 1. The third kappa shape index (κ3) is 2.74. The van der Waals surface area contributed by atoms with Crippen LogP contribution in [0.4, 0.5) is 0 Å². The standard InChI is InChI=1S/C14H10ClNO3/c15-10-4-5-11(14(18)19)12(7-10)8-2-1-3-9(6-8)13(16)17/h1-7H,(H2,16,17)(H,18,19). The number of aromatic carboxylic acids is 1. The van der Waals surface area contributed by atoms with Crippen molar-refractivity contribution < 1.29 is 14.7 Å². The van der Waals surface area contributed by atoms with Crippen LogP contribution in [-0.2, 0) is 0 Å². The molecule has 3 N–H and O–H groups in total. The Bertz CT molecular complexity index is 667. The summed E-state index contributed by atoms with van der Waals surface area (Å²) in [6.45, 7) is 0. The molecule has 0 spiro atoms. The third-order valence-electron chi connectivity index (χ3n) is 2.67. The highest BCUT2D eigenvalue weighted by atomic mass is 35.5. The molecule has 2 aromatic rings. The molecule has 96 valence electrons. The van der Waals surface area contributed by atoms with Crippen molar-refractivity contribution in [3.63, 3.8) is 0 Å². The molecule has 0 atom stereocenters. The van der Waals surface area contributed by atoms with E-state index < -0.39 is 11.9 Å². The molecule has 1 amide bonds. The minimum Gasteiger partial charge on any atom is -0.478 e. The van der Waals surface area contributed by atoms with Crippen LogP contribution in [0, 0.1) is 0 Å². The van der Waals surface area contributed by atoms with Crippen LogP contribution in [0.3, 0.4) is 0 Å². The molecule has 0 saturated carbocycles. The lowest BCUT2D eigenvalue weighted by atomic mass is 9.98. The Morgan fingerprint density at radius 2 is 1.84 bits per heavy atom. The van der Waals surface area contributed by atoms with E-state index in [9.17, 15) is 9.59 Å². The van der Waals surface area contributed by atoms with E-state index in [1.807, 2.05) is 0 Å². The van der Waals surface area contributed by atoms with E-state index in [-0.39, 0.29) is 5.56 Å². The van der Waals surface area contributed by atoms with Crippen molar-refractivity contribution in [1.82, 2.24) is 0 Å². The quantitative estimate of drug-likeness (QED) is 0.904. The molecule has 0 radical (unpaired) electrons. The van der Waals surface area contributed by atoms with Crippen molar-refractivity contribution in [3.05, 3.63) is 58.6 Å². The van der Waals surface area contributed by atoms with Gasteiger partial charge in [-0.3, -0.25) is 4.79 Å². The first-order chi connectivity index (χ1) is 8.99. The highest BCUT2D eigenvalue weighted by Gasteiger charge is 2.13. The summed E-state index contributed by atoms with van der Waals surface area (Å²) in [5, 5.41) is 9.58. The van der Waals surface area contributed by atoms with Gasteiger partial charge in [-0.25, -0.2) is 4.79 Å². The Labute approximate surface area is 114 Å². The highest BCUT2D eigenvalue weighted by Crippen LogP contribution is 2.27. The summed E-state index contributed by atoms with van der Waals surface area (Å²) in [4.78, 5) is 22.3. The van der Waals surface area contributed by atoms with Gasteiger partial charge in [0.15, 0.2) is 0 Å². The second-order valence-corrected chi connectivity index (χ2v) is 4.38. The fraction of sp³-hybridized carbons (Fsp3) is 0. The summed E-state index contributed by atoms with van der Waals surface area (Å²) in [5.41, 5.74) is 6.66. The van der Waals surface area contributed by atoms with Gasteiger partial charge >= 0.3 is 5.97 Å². The number of primary amides is 1. The lowest BCUT2D eigenvalue weighted by Crippen LogP contribution is -2.10. The number of hydrogen-bond donors (Lipinski definition) is 2. The van der Waals surface area contributed by atoms with Gasteiger partial charge in [-0.05, 0) is 41.5 Å². The van der Waals surface area contributed by atoms with E-state index in [1.165, 1.54) is 12.1 Å². The van der Waals surface area contributed by atoms with Crippen molar-refractivity contribution in [2.45, 2.75) is 0 Å². The second-order valence-electron chi connectivity index (χ2n) is 3.94. The fourth-order valence-corrected chi connectivity index (χ4v) is 1.95. The number of benzene rings is 2. The molecule has 0 unspecified atom stereocenters. The summed E-state index contributed by atoms with van der Waals surface area (Å²) >= 11 is 5.89. The van der Waals surface area contributed by atoms with E-state index in [2.05, 4.69) is 0 Å². The van der Waals surface area contributed by atoms with E-state index in [0.29, 0.717) is 21.7 Å². The van der Waals surface area contributed by atoms with Gasteiger partial charge in [0.2, 0.25) is 5.91 Å². The van der Waals surface area contributed by atoms with E-state index in [0.717, 1.165) is 0 Å². The summed E-state index contributed by atoms with van der Waals surface area (Å²) in [6, 6.07) is 10.9. The number of carbonyl (C=O) groups excluding carboxylic acids is 1. The minimum absolute atomic E-state index is 0.117. The first-order valence-corrected chi connectivity index (χ1v) is 5.80. The number of nitrogens with two attached hydrogens (primary N) is 1. The first kappa shape index (κ1) is 13.1. The van der Waals surface area contributed by atoms with Crippen LogP contribution in [0.25, 0.3) is 11.1 Å². The maximum Gasteiger partial charge on any atom is 0.336 e. The summed E-state index contributed by atoms with van der Waals surface area (Å²) < 4.78 is 0. The van der Waals surface area contributed by atoms with Gasteiger partial charge in [-0.1, -0.05) is 23.7 Å². The summed E-state index contributed by atoms with van der Waals surface area (Å²) in [5.74, 6) is -1.63. The second kappa shape index (κ2) is 5.12. The van der Waals surface area contributed by atoms with E-state index in [4.69, 9.17) is 22.4 Å². The zero-order valence-electron chi connectivity index (χ0n) is 9.76. The number of carboxylic acids is 1. The molecule has 2 aromatic carbocycles. The fourth-order valence-electron chi connectivity index (χ4n) is 1.78. The summed E-state index contributed by atoms with van der Waals surface area (Å²) in [6.07, 6.45) is 0. The van der Waals surface area contributed by atoms with Gasteiger partial charge in [0.1, 0.15) is 0 Å². The molecule has 0 aliphatic heterocycles. The molecule has 0 bridgehead atoms. The Balaban J connectivity index is 2.64. The molecular formula is C14H10ClNO3. The number of hydrogen-bond acceptors (Lipinski definition) is 2. The van der Waals surface area contributed by atoms with Crippen molar-refractivity contribution in [1.29, 1.82) is 0 Å². The van der Waals surface area contributed by atoms with Crippen LogP contribution < -0.4 is 5.73 Å². The average molecular weight is 276 g/mol. The van der Waals surface area contributed by atoms with Gasteiger partial charge in [0.05, 0.1) is 5.56 Å². The van der Waals surface area contributed by atoms with Gasteiger partial charge in [-0.2, -0.15) is 0 Å². The number of rotatable bonds is 3. The number of amides is 1. The minimum atomic E-state index is -1.06. The smallest absolute Gasteiger partial charge is 0.336 e. The lowest BCUT2D eigenvalue weighted by molar-refractivity contribution is 0.0697. The van der Waals surface area contributed by atoms with Crippen LogP contribution in [-0.4, -0.2) is 17.0 Å². The lowest BCUT2D eigenvalue weighted by Gasteiger charge is -2.08. The van der Waals surface area contributed by atoms with E-state index in [1.54, 1.807) is 30.3 Å². The number of carboxylic acid groups (broad SMARTS) is 1.